The van der Waals surface area contributed by atoms with E-state index in [9.17, 15) is 18.0 Å². The number of anilines is 1. The minimum Gasteiger partial charge on any atom is -0.455 e. The first-order valence-corrected chi connectivity index (χ1v) is 11.0. The Kier molecular flexibility index (Phi) is 7.42. The molecule has 3 aromatic rings. The number of hydrogen-bond donors (Lipinski definition) is 1. The van der Waals surface area contributed by atoms with Crippen LogP contribution < -0.4 is 19.9 Å². The van der Waals surface area contributed by atoms with Gasteiger partial charge < -0.3 is 24.1 Å². The second-order valence-corrected chi connectivity index (χ2v) is 8.07. The molecule has 0 unspecified atom stereocenters. The third-order valence-electron chi connectivity index (χ3n) is 5.58. The highest BCUT2D eigenvalue weighted by Crippen LogP contribution is 2.31. The van der Waals surface area contributed by atoms with Crippen LogP contribution in [0.15, 0.2) is 71.7 Å². The molecule has 34 heavy (non-hydrogen) atoms. The molecular formula is C25H25F3N2O4. The van der Waals surface area contributed by atoms with Gasteiger partial charge in [-0.3, -0.25) is 4.79 Å². The maximum atomic E-state index is 12.6. The molecule has 1 aliphatic rings. The van der Waals surface area contributed by atoms with Crippen molar-refractivity contribution in [2.24, 2.45) is 5.92 Å². The Morgan fingerprint density at radius 1 is 0.941 bits per heavy atom. The van der Waals surface area contributed by atoms with Crippen LogP contribution in [0.25, 0.3) is 0 Å². The average molecular weight is 474 g/mol. The molecule has 1 aliphatic heterocycles. The second-order valence-electron chi connectivity index (χ2n) is 8.07. The zero-order valence-corrected chi connectivity index (χ0v) is 18.4. The number of aromatic nitrogens is 1. The highest BCUT2D eigenvalue weighted by molar-refractivity contribution is 5.58. The zero-order valence-electron chi connectivity index (χ0n) is 18.4. The fourth-order valence-corrected chi connectivity index (χ4v) is 3.90. The van der Waals surface area contributed by atoms with E-state index in [1.165, 1.54) is 12.1 Å². The van der Waals surface area contributed by atoms with Gasteiger partial charge in [0.25, 0.3) is 5.56 Å². The van der Waals surface area contributed by atoms with Crippen molar-refractivity contribution < 1.29 is 27.4 Å². The van der Waals surface area contributed by atoms with Crippen LogP contribution in [-0.2, 0) is 11.3 Å². The van der Waals surface area contributed by atoms with E-state index in [0.717, 1.165) is 18.4 Å². The van der Waals surface area contributed by atoms with E-state index >= 15 is 0 Å². The van der Waals surface area contributed by atoms with E-state index in [1.54, 1.807) is 24.4 Å². The molecule has 1 N–H and O–H groups in total. The number of piperidine rings is 1. The number of aromatic amines is 1. The van der Waals surface area contributed by atoms with Gasteiger partial charge in [-0.15, -0.1) is 13.2 Å². The Labute approximate surface area is 194 Å². The Morgan fingerprint density at radius 2 is 1.65 bits per heavy atom. The first-order valence-electron chi connectivity index (χ1n) is 11.0. The van der Waals surface area contributed by atoms with E-state index in [1.807, 2.05) is 35.2 Å². The van der Waals surface area contributed by atoms with Crippen molar-refractivity contribution in [1.82, 2.24) is 4.98 Å². The van der Waals surface area contributed by atoms with Gasteiger partial charge in [-0.1, -0.05) is 30.3 Å². The molecule has 0 aliphatic carbocycles. The van der Waals surface area contributed by atoms with E-state index in [-0.39, 0.29) is 11.3 Å². The van der Waals surface area contributed by atoms with E-state index < -0.39 is 6.36 Å². The number of alkyl halides is 3. The van der Waals surface area contributed by atoms with E-state index in [2.05, 4.69) is 9.72 Å². The van der Waals surface area contributed by atoms with E-state index in [4.69, 9.17) is 9.47 Å². The topological polar surface area (TPSA) is 63.8 Å². The average Bonchev–Trinajstić information content (AvgIpc) is 2.81. The fourth-order valence-electron chi connectivity index (χ4n) is 3.90. The highest BCUT2D eigenvalue weighted by atomic mass is 19.4. The van der Waals surface area contributed by atoms with Crippen molar-refractivity contribution in [2.45, 2.75) is 25.8 Å². The summed E-state index contributed by atoms with van der Waals surface area (Å²) in [4.78, 5) is 17.3. The van der Waals surface area contributed by atoms with Gasteiger partial charge in [-0.25, -0.2) is 0 Å². The van der Waals surface area contributed by atoms with Crippen molar-refractivity contribution >= 4 is 5.69 Å². The zero-order chi connectivity index (χ0) is 24.0. The minimum absolute atomic E-state index is 0.193. The van der Waals surface area contributed by atoms with Gasteiger partial charge in [0.2, 0.25) is 0 Å². The molecule has 180 valence electrons. The van der Waals surface area contributed by atoms with Crippen molar-refractivity contribution in [3.63, 3.8) is 0 Å². The number of nitrogens with one attached hydrogen (secondary N) is 1. The molecule has 1 saturated heterocycles. The summed E-state index contributed by atoms with van der Waals surface area (Å²) in [5.41, 5.74) is 1.10. The second kappa shape index (κ2) is 10.6. The van der Waals surface area contributed by atoms with Crippen LogP contribution in [0.5, 0.6) is 17.2 Å². The van der Waals surface area contributed by atoms with Gasteiger partial charge in [-0.2, -0.15) is 0 Å². The largest absolute Gasteiger partial charge is 0.573 e. The first kappa shape index (κ1) is 23.7. The quantitative estimate of drug-likeness (QED) is 0.467. The molecule has 2 aromatic carbocycles. The van der Waals surface area contributed by atoms with Crippen LogP contribution in [0.2, 0.25) is 0 Å². The number of halogens is 3. The molecule has 0 bridgehead atoms. The summed E-state index contributed by atoms with van der Waals surface area (Å²) in [5.74, 6) is 1.25. The molecular weight excluding hydrogens is 449 g/mol. The number of rotatable bonds is 8. The summed E-state index contributed by atoms with van der Waals surface area (Å²) in [6.07, 6.45) is -1.44. The number of nitrogens with zero attached hydrogens (tertiary/aromatic N) is 1. The molecule has 9 heteroatoms. The lowest BCUT2D eigenvalue weighted by Crippen LogP contribution is -2.38. The minimum atomic E-state index is -4.70. The number of hydrogen-bond acceptors (Lipinski definition) is 5. The van der Waals surface area contributed by atoms with Crippen molar-refractivity contribution in [2.75, 3.05) is 24.6 Å². The molecule has 4 rings (SSSR count). The molecule has 1 fully saturated rings. The summed E-state index contributed by atoms with van der Waals surface area (Å²) in [6.45, 7) is 2.22. The SMILES string of the molecule is O=c1[nH]ccc(Oc2ccccc2)c1N1CCC(COCc2ccc(OC(F)(F)F)cc2)CC1. The molecule has 1 aromatic heterocycles. The summed E-state index contributed by atoms with van der Waals surface area (Å²) in [6, 6.07) is 16.7. The standard InChI is InChI=1S/C25H25F3N2O4/c26-25(27,28)34-21-8-6-18(7-9-21)16-32-17-19-11-14-30(15-12-19)23-22(10-13-29-24(23)31)33-20-4-2-1-3-5-20/h1-10,13,19H,11-12,14-17H2,(H,29,31). The lowest BCUT2D eigenvalue weighted by molar-refractivity contribution is -0.274. The molecule has 0 spiro atoms. The third kappa shape index (κ3) is 6.54. The van der Waals surface area contributed by atoms with Gasteiger partial charge in [0.15, 0.2) is 5.75 Å². The number of H-pyrrole nitrogens is 1. The molecule has 0 saturated carbocycles. The summed E-state index contributed by atoms with van der Waals surface area (Å²) in [7, 11) is 0. The summed E-state index contributed by atoms with van der Waals surface area (Å²) in [5, 5.41) is 0. The molecule has 0 radical (unpaired) electrons. The number of para-hydroxylation sites is 1. The van der Waals surface area contributed by atoms with Crippen LogP contribution >= 0.6 is 0 Å². The molecule has 6 nitrogen and oxygen atoms in total. The number of ether oxygens (including phenoxy) is 3. The fraction of sp³-hybridized carbons (Fsp3) is 0.320. The van der Waals surface area contributed by atoms with Gasteiger partial charge in [-0.05, 0) is 54.7 Å². The van der Waals surface area contributed by atoms with Gasteiger partial charge in [0, 0.05) is 25.9 Å². The van der Waals surface area contributed by atoms with Crippen molar-refractivity contribution in [3.05, 3.63) is 82.8 Å². The summed E-state index contributed by atoms with van der Waals surface area (Å²) < 4.78 is 52.4. The maximum absolute atomic E-state index is 12.6. The molecule has 2 heterocycles. The number of pyridine rings is 1. The predicted molar refractivity (Wildman–Crippen MR) is 121 cm³/mol. The normalized spacial score (nSPS) is 14.7. The van der Waals surface area contributed by atoms with Gasteiger partial charge >= 0.3 is 6.36 Å². The first-order chi connectivity index (χ1) is 16.4. The highest BCUT2D eigenvalue weighted by Gasteiger charge is 2.31. The Balaban J connectivity index is 1.27. The third-order valence-corrected chi connectivity index (χ3v) is 5.58. The van der Waals surface area contributed by atoms with Crippen LogP contribution in [0.4, 0.5) is 18.9 Å². The predicted octanol–water partition coefficient (Wildman–Crippen LogP) is 5.50. The Bertz CT molecular complexity index is 1110. The monoisotopic (exact) mass is 474 g/mol. The van der Waals surface area contributed by atoms with Crippen molar-refractivity contribution in [3.8, 4) is 17.2 Å². The van der Waals surface area contributed by atoms with Gasteiger partial charge in [0.1, 0.15) is 17.2 Å². The lowest BCUT2D eigenvalue weighted by Gasteiger charge is -2.33. The van der Waals surface area contributed by atoms with Crippen molar-refractivity contribution in [1.29, 1.82) is 0 Å². The van der Waals surface area contributed by atoms with Crippen LogP contribution in [0.1, 0.15) is 18.4 Å². The Morgan fingerprint density at radius 3 is 2.32 bits per heavy atom. The molecule has 0 atom stereocenters. The molecule has 0 amide bonds. The number of benzene rings is 2. The van der Waals surface area contributed by atoms with Crippen LogP contribution in [0, 0.1) is 5.92 Å². The lowest BCUT2D eigenvalue weighted by atomic mass is 9.97. The van der Waals surface area contributed by atoms with Crippen LogP contribution in [-0.4, -0.2) is 31.0 Å². The van der Waals surface area contributed by atoms with Crippen LogP contribution in [0.3, 0.4) is 0 Å². The Hall–Kier alpha value is -3.46. The van der Waals surface area contributed by atoms with E-state index in [0.29, 0.717) is 49.4 Å². The maximum Gasteiger partial charge on any atom is 0.573 e. The van der Waals surface area contributed by atoms with Gasteiger partial charge in [0.05, 0.1) is 6.61 Å². The smallest absolute Gasteiger partial charge is 0.455 e. The summed E-state index contributed by atoms with van der Waals surface area (Å²) >= 11 is 0.